The molecule has 0 unspecified atom stereocenters. The Morgan fingerprint density at radius 2 is 1.62 bits per heavy atom. The molecule has 1 N–H and O–H groups in total. The van der Waals surface area contributed by atoms with Crippen LogP contribution in [0.4, 0.5) is 0 Å². The van der Waals surface area contributed by atoms with Crippen LogP contribution in [0.1, 0.15) is 27.7 Å². The van der Waals surface area contributed by atoms with Crippen molar-refractivity contribution in [1.29, 1.82) is 0 Å². The molecule has 1 saturated heterocycles. The number of carboxylic acids is 1. The SMILES string of the molecule is CC1(C)CSCC(C)(C)C1C(=O)O. The lowest BCUT2D eigenvalue weighted by molar-refractivity contribution is -0.150. The summed E-state index contributed by atoms with van der Waals surface area (Å²) < 4.78 is 0. The highest BCUT2D eigenvalue weighted by Gasteiger charge is 2.48. The third-order valence-corrected chi connectivity index (χ3v) is 4.65. The predicted molar refractivity (Wildman–Crippen MR) is 56.0 cm³/mol. The van der Waals surface area contributed by atoms with Gasteiger partial charge in [0.15, 0.2) is 0 Å². The van der Waals surface area contributed by atoms with Gasteiger partial charge >= 0.3 is 5.97 Å². The molecule has 0 bridgehead atoms. The summed E-state index contributed by atoms with van der Waals surface area (Å²) in [5.74, 6) is 1.04. The topological polar surface area (TPSA) is 37.3 Å². The summed E-state index contributed by atoms with van der Waals surface area (Å²) >= 11 is 1.87. The van der Waals surface area contributed by atoms with Crippen molar-refractivity contribution in [2.24, 2.45) is 16.7 Å². The van der Waals surface area contributed by atoms with Crippen LogP contribution in [0.15, 0.2) is 0 Å². The van der Waals surface area contributed by atoms with Gasteiger partial charge in [-0.05, 0) is 22.3 Å². The Balaban J connectivity index is 2.98. The van der Waals surface area contributed by atoms with E-state index in [-0.39, 0.29) is 16.7 Å². The average Bonchev–Trinajstić information content (AvgIpc) is 1.79. The molecular weight excluding hydrogens is 184 g/mol. The Morgan fingerprint density at radius 3 is 1.85 bits per heavy atom. The van der Waals surface area contributed by atoms with E-state index < -0.39 is 5.97 Å². The monoisotopic (exact) mass is 202 g/mol. The van der Waals surface area contributed by atoms with Crippen LogP contribution in [0, 0.1) is 16.7 Å². The van der Waals surface area contributed by atoms with Crippen molar-refractivity contribution >= 4 is 17.7 Å². The molecule has 0 atom stereocenters. The Morgan fingerprint density at radius 1 is 1.23 bits per heavy atom. The summed E-state index contributed by atoms with van der Waals surface area (Å²) in [6.45, 7) is 8.22. The molecule has 3 heteroatoms. The molecule has 1 aliphatic heterocycles. The minimum Gasteiger partial charge on any atom is -0.481 e. The Labute approximate surface area is 84.1 Å². The van der Waals surface area contributed by atoms with E-state index in [2.05, 4.69) is 27.7 Å². The van der Waals surface area contributed by atoms with Crippen LogP contribution in [0.5, 0.6) is 0 Å². The van der Waals surface area contributed by atoms with E-state index in [4.69, 9.17) is 0 Å². The molecule has 0 aliphatic carbocycles. The highest BCUT2D eigenvalue weighted by Crippen LogP contribution is 2.48. The molecule has 0 radical (unpaired) electrons. The molecule has 0 aromatic carbocycles. The molecule has 2 nitrogen and oxygen atoms in total. The van der Waals surface area contributed by atoms with E-state index in [1.165, 1.54) is 0 Å². The smallest absolute Gasteiger partial charge is 0.307 e. The molecule has 13 heavy (non-hydrogen) atoms. The van der Waals surface area contributed by atoms with Crippen LogP contribution in [-0.4, -0.2) is 22.6 Å². The van der Waals surface area contributed by atoms with Crippen molar-refractivity contribution in [1.82, 2.24) is 0 Å². The fourth-order valence-electron chi connectivity index (χ4n) is 2.47. The van der Waals surface area contributed by atoms with Gasteiger partial charge < -0.3 is 5.11 Å². The second kappa shape index (κ2) is 3.19. The first kappa shape index (κ1) is 10.9. The van der Waals surface area contributed by atoms with Crippen molar-refractivity contribution in [3.05, 3.63) is 0 Å². The van der Waals surface area contributed by atoms with Crippen LogP contribution in [-0.2, 0) is 4.79 Å². The molecule has 0 aromatic rings. The third kappa shape index (κ3) is 2.01. The quantitative estimate of drug-likeness (QED) is 0.710. The maximum atomic E-state index is 11.2. The van der Waals surface area contributed by atoms with Crippen LogP contribution < -0.4 is 0 Å². The zero-order chi connectivity index (χ0) is 10.3. The first-order chi connectivity index (χ1) is 5.77. The van der Waals surface area contributed by atoms with Crippen LogP contribution in [0.25, 0.3) is 0 Å². The molecule has 1 rings (SSSR count). The van der Waals surface area contributed by atoms with Gasteiger partial charge in [-0.2, -0.15) is 11.8 Å². The lowest BCUT2D eigenvalue weighted by Gasteiger charge is -2.46. The summed E-state index contributed by atoms with van der Waals surface area (Å²) in [7, 11) is 0. The number of carboxylic acid groups (broad SMARTS) is 1. The van der Waals surface area contributed by atoms with Gasteiger partial charge in [-0.3, -0.25) is 4.79 Å². The molecule has 0 amide bonds. The zero-order valence-corrected chi connectivity index (χ0v) is 9.57. The van der Waals surface area contributed by atoms with E-state index >= 15 is 0 Å². The Kier molecular flexibility index (Phi) is 2.68. The van der Waals surface area contributed by atoms with E-state index in [0.29, 0.717) is 0 Å². The van der Waals surface area contributed by atoms with Gasteiger partial charge in [-0.25, -0.2) is 0 Å². The highest BCUT2D eigenvalue weighted by atomic mass is 32.2. The minimum absolute atomic E-state index is 0.0851. The summed E-state index contributed by atoms with van der Waals surface area (Å²) in [5, 5.41) is 9.20. The summed E-state index contributed by atoms with van der Waals surface area (Å²) in [6, 6.07) is 0. The van der Waals surface area contributed by atoms with Crippen molar-refractivity contribution in [3.8, 4) is 0 Å². The lowest BCUT2D eigenvalue weighted by Crippen LogP contribution is -2.47. The molecule has 1 fully saturated rings. The van der Waals surface area contributed by atoms with E-state index in [1.54, 1.807) is 0 Å². The van der Waals surface area contributed by atoms with Gasteiger partial charge in [0.25, 0.3) is 0 Å². The number of aliphatic carboxylic acids is 1. The van der Waals surface area contributed by atoms with Crippen molar-refractivity contribution < 1.29 is 9.90 Å². The highest BCUT2D eigenvalue weighted by molar-refractivity contribution is 7.99. The van der Waals surface area contributed by atoms with E-state index in [0.717, 1.165) is 11.5 Å². The number of rotatable bonds is 1. The third-order valence-electron chi connectivity index (χ3n) is 2.76. The number of hydrogen-bond donors (Lipinski definition) is 1. The largest absolute Gasteiger partial charge is 0.481 e. The zero-order valence-electron chi connectivity index (χ0n) is 8.76. The normalized spacial score (nSPS) is 27.1. The van der Waals surface area contributed by atoms with Gasteiger partial charge in [-0.1, -0.05) is 27.7 Å². The van der Waals surface area contributed by atoms with Crippen molar-refractivity contribution in [2.75, 3.05) is 11.5 Å². The standard InChI is InChI=1S/C10H18O2S/c1-9(2)5-13-6-10(3,4)7(9)8(11)12/h7H,5-6H2,1-4H3,(H,11,12). The van der Waals surface area contributed by atoms with Gasteiger partial charge in [0.05, 0.1) is 5.92 Å². The maximum Gasteiger partial charge on any atom is 0.307 e. The molecule has 0 saturated carbocycles. The second-order valence-corrected chi connectivity index (χ2v) is 6.23. The predicted octanol–water partition coefficient (Wildman–Crippen LogP) is 2.49. The molecule has 1 heterocycles. The number of carbonyl (C=O) groups is 1. The van der Waals surface area contributed by atoms with Gasteiger partial charge in [0.1, 0.15) is 0 Å². The van der Waals surface area contributed by atoms with Crippen LogP contribution in [0.3, 0.4) is 0 Å². The van der Waals surface area contributed by atoms with E-state index in [9.17, 15) is 9.90 Å². The first-order valence-corrected chi connectivity index (χ1v) is 5.73. The molecular formula is C10H18O2S. The first-order valence-electron chi connectivity index (χ1n) is 4.58. The van der Waals surface area contributed by atoms with Crippen molar-refractivity contribution in [2.45, 2.75) is 27.7 Å². The lowest BCUT2D eigenvalue weighted by atomic mass is 9.66. The summed E-state index contributed by atoms with van der Waals surface area (Å²) in [6.07, 6.45) is 0. The summed E-state index contributed by atoms with van der Waals surface area (Å²) in [4.78, 5) is 11.2. The average molecular weight is 202 g/mol. The van der Waals surface area contributed by atoms with Crippen molar-refractivity contribution in [3.63, 3.8) is 0 Å². The van der Waals surface area contributed by atoms with Crippen LogP contribution in [0.2, 0.25) is 0 Å². The minimum atomic E-state index is -0.643. The Bertz CT molecular complexity index is 205. The van der Waals surface area contributed by atoms with E-state index in [1.807, 2.05) is 11.8 Å². The molecule has 0 spiro atoms. The van der Waals surface area contributed by atoms with Gasteiger partial charge in [0, 0.05) is 0 Å². The number of thioether (sulfide) groups is 1. The summed E-state index contributed by atoms with van der Waals surface area (Å²) in [5.41, 5.74) is -0.170. The molecule has 76 valence electrons. The second-order valence-electron chi connectivity index (χ2n) is 5.24. The maximum absolute atomic E-state index is 11.2. The number of hydrogen-bond acceptors (Lipinski definition) is 2. The fraction of sp³-hybridized carbons (Fsp3) is 0.900. The Hall–Kier alpha value is -0.180. The van der Waals surface area contributed by atoms with Crippen LogP contribution >= 0.6 is 11.8 Å². The fourth-order valence-corrected chi connectivity index (χ4v) is 3.96. The molecule has 0 aromatic heterocycles. The van der Waals surface area contributed by atoms with Gasteiger partial charge in [-0.15, -0.1) is 0 Å². The molecule has 1 aliphatic rings. The van der Waals surface area contributed by atoms with Gasteiger partial charge in [0.2, 0.25) is 0 Å².